The SMILES string of the molecule is COC(=O)Nc1ccncc1. The number of nitrogens with one attached hydrogen (secondary N) is 1. The maximum absolute atomic E-state index is 10.6. The number of hydrogen-bond donors (Lipinski definition) is 1. The average Bonchev–Trinajstić information content (AvgIpc) is 2.06. The van der Waals surface area contributed by atoms with Crippen LogP contribution in [-0.2, 0) is 4.74 Å². The molecule has 4 heteroatoms. The zero-order valence-corrected chi connectivity index (χ0v) is 6.07. The van der Waals surface area contributed by atoms with E-state index >= 15 is 0 Å². The second kappa shape index (κ2) is 3.55. The molecule has 0 aliphatic rings. The van der Waals surface area contributed by atoms with Gasteiger partial charge in [0.1, 0.15) is 0 Å². The largest absolute Gasteiger partial charge is 0.453 e. The van der Waals surface area contributed by atoms with Crippen molar-refractivity contribution in [2.24, 2.45) is 0 Å². The van der Waals surface area contributed by atoms with Gasteiger partial charge in [-0.2, -0.15) is 0 Å². The molecule has 58 valence electrons. The summed E-state index contributed by atoms with van der Waals surface area (Å²) in [6.07, 6.45) is 2.70. The van der Waals surface area contributed by atoms with Gasteiger partial charge in [0.15, 0.2) is 0 Å². The van der Waals surface area contributed by atoms with Gasteiger partial charge in [-0.05, 0) is 12.1 Å². The van der Waals surface area contributed by atoms with Crippen LogP contribution in [0.4, 0.5) is 10.5 Å². The Morgan fingerprint density at radius 1 is 1.55 bits per heavy atom. The van der Waals surface area contributed by atoms with Gasteiger partial charge < -0.3 is 4.74 Å². The van der Waals surface area contributed by atoms with Gasteiger partial charge in [0, 0.05) is 18.1 Å². The number of ether oxygens (including phenoxy) is 1. The minimum atomic E-state index is -0.476. The Labute approximate surface area is 64.2 Å². The maximum atomic E-state index is 10.6. The second-order valence-electron chi connectivity index (χ2n) is 1.85. The van der Waals surface area contributed by atoms with Crippen molar-refractivity contribution in [1.82, 2.24) is 4.98 Å². The lowest BCUT2D eigenvalue weighted by Gasteiger charge is -2.00. The Balaban J connectivity index is 2.58. The minimum Gasteiger partial charge on any atom is -0.453 e. The van der Waals surface area contributed by atoms with E-state index in [0.717, 1.165) is 0 Å². The molecule has 1 N–H and O–H groups in total. The molecule has 0 radical (unpaired) electrons. The third-order valence-corrected chi connectivity index (χ3v) is 1.11. The first kappa shape index (κ1) is 7.53. The molecule has 0 saturated carbocycles. The van der Waals surface area contributed by atoms with Crippen molar-refractivity contribution in [3.63, 3.8) is 0 Å². The smallest absolute Gasteiger partial charge is 0.411 e. The fourth-order valence-corrected chi connectivity index (χ4v) is 0.604. The van der Waals surface area contributed by atoms with E-state index in [1.54, 1.807) is 24.5 Å². The number of hydrogen-bond acceptors (Lipinski definition) is 3. The van der Waals surface area contributed by atoms with E-state index in [1.165, 1.54) is 7.11 Å². The molecule has 1 aromatic heterocycles. The monoisotopic (exact) mass is 152 g/mol. The van der Waals surface area contributed by atoms with E-state index in [4.69, 9.17) is 0 Å². The van der Waals surface area contributed by atoms with Crippen LogP contribution in [0.15, 0.2) is 24.5 Å². The molecule has 0 aromatic carbocycles. The fourth-order valence-electron chi connectivity index (χ4n) is 0.604. The van der Waals surface area contributed by atoms with Gasteiger partial charge in [0.25, 0.3) is 0 Å². The zero-order valence-electron chi connectivity index (χ0n) is 6.07. The van der Waals surface area contributed by atoms with Crippen molar-refractivity contribution in [3.05, 3.63) is 24.5 Å². The molecule has 0 aliphatic carbocycles. The third kappa shape index (κ3) is 2.25. The lowest BCUT2D eigenvalue weighted by atomic mass is 10.4. The van der Waals surface area contributed by atoms with Crippen molar-refractivity contribution in [3.8, 4) is 0 Å². The number of anilines is 1. The van der Waals surface area contributed by atoms with E-state index in [-0.39, 0.29) is 0 Å². The Bertz CT molecular complexity index is 235. The first-order valence-corrected chi connectivity index (χ1v) is 3.08. The van der Waals surface area contributed by atoms with Crippen LogP contribution in [0.2, 0.25) is 0 Å². The zero-order chi connectivity index (χ0) is 8.10. The lowest BCUT2D eigenvalue weighted by molar-refractivity contribution is 0.187. The average molecular weight is 152 g/mol. The van der Waals surface area contributed by atoms with E-state index in [1.807, 2.05) is 0 Å². The van der Waals surface area contributed by atoms with Crippen LogP contribution in [0.5, 0.6) is 0 Å². The molecule has 0 fully saturated rings. The number of methoxy groups -OCH3 is 1. The number of aromatic nitrogens is 1. The molecule has 1 amide bonds. The molecular formula is C7H8N2O2. The van der Waals surface area contributed by atoms with E-state index in [2.05, 4.69) is 15.0 Å². The topological polar surface area (TPSA) is 51.2 Å². The molecule has 0 aliphatic heterocycles. The molecule has 1 aromatic rings. The Morgan fingerprint density at radius 3 is 2.73 bits per heavy atom. The minimum absolute atomic E-state index is 0.476. The summed E-state index contributed by atoms with van der Waals surface area (Å²) in [5, 5.41) is 2.49. The molecule has 1 heterocycles. The molecule has 1 rings (SSSR count). The van der Waals surface area contributed by atoms with Crippen LogP contribution in [-0.4, -0.2) is 18.2 Å². The van der Waals surface area contributed by atoms with Gasteiger partial charge in [-0.15, -0.1) is 0 Å². The molecule has 11 heavy (non-hydrogen) atoms. The van der Waals surface area contributed by atoms with Crippen molar-refractivity contribution in [2.45, 2.75) is 0 Å². The summed E-state index contributed by atoms with van der Waals surface area (Å²) >= 11 is 0. The number of carbonyl (C=O) groups excluding carboxylic acids is 1. The molecule has 0 atom stereocenters. The highest BCUT2D eigenvalue weighted by Crippen LogP contribution is 2.02. The van der Waals surface area contributed by atoms with Crippen molar-refractivity contribution < 1.29 is 9.53 Å². The Kier molecular flexibility index (Phi) is 2.43. The summed E-state index contributed by atoms with van der Waals surface area (Å²) in [6, 6.07) is 3.36. The molecule has 4 nitrogen and oxygen atoms in total. The third-order valence-electron chi connectivity index (χ3n) is 1.11. The molecule has 0 spiro atoms. The number of rotatable bonds is 1. The quantitative estimate of drug-likeness (QED) is 0.659. The molecule has 0 bridgehead atoms. The molecule has 0 saturated heterocycles. The fraction of sp³-hybridized carbons (Fsp3) is 0.143. The highest BCUT2D eigenvalue weighted by molar-refractivity contribution is 5.84. The number of pyridine rings is 1. The standard InChI is InChI=1S/C7H8N2O2/c1-11-7(10)9-6-2-4-8-5-3-6/h2-5H,1H3,(H,8,9,10). The van der Waals surface area contributed by atoms with Crippen molar-refractivity contribution in [1.29, 1.82) is 0 Å². The van der Waals surface area contributed by atoms with Crippen LogP contribution in [0, 0.1) is 0 Å². The number of amides is 1. The predicted octanol–water partition coefficient (Wildman–Crippen LogP) is 1.26. The normalized spacial score (nSPS) is 8.82. The highest BCUT2D eigenvalue weighted by atomic mass is 16.5. The van der Waals surface area contributed by atoms with Gasteiger partial charge in [0.2, 0.25) is 0 Å². The van der Waals surface area contributed by atoms with Gasteiger partial charge in [-0.1, -0.05) is 0 Å². The highest BCUT2D eigenvalue weighted by Gasteiger charge is 1.97. The first-order chi connectivity index (χ1) is 5.33. The van der Waals surface area contributed by atoms with Crippen LogP contribution < -0.4 is 5.32 Å². The predicted molar refractivity (Wildman–Crippen MR) is 40.3 cm³/mol. The summed E-state index contributed by atoms with van der Waals surface area (Å²) in [6.45, 7) is 0. The Morgan fingerprint density at radius 2 is 2.18 bits per heavy atom. The summed E-state index contributed by atoms with van der Waals surface area (Å²) in [7, 11) is 1.32. The molecular weight excluding hydrogens is 144 g/mol. The van der Waals surface area contributed by atoms with E-state index in [9.17, 15) is 4.79 Å². The van der Waals surface area contributed by atoms with Crippen LogP contribution in [0.1, 0.15) is 0 Å². The number of nitrogens with zero attached hydrogens (tertiary/aromatic N) is 1. The van der Waals surface area contributed by atoms with E-state index < -0.39 is 6.09 Å². The summed E-state index contributed by atoms with van der Waals surface area (Å²) < 4.78 is 4.38. The van der Waals surface area contributed by atoms with Gasteiger partial charge in [0.05, 0.1) is 7.11 Å². The second-order valence-corrected chi connectivity index (χ2v) is 1.85. The summed E-state index contributed by atoms with van der Waals surface area (Å²) in [5.41, 5.74) is 0.673. The van der Waals surface area contributed by atoms with Crippen LogP contribution in [0.3, 0.4) is 0 Å². The van der Waals surface area contributed by atoms with Gasteiger partial charge >= 0.3 is 6.09 Å². The molecule has 0 unspecified atom stereocenters. The van der Waals surface area contributed by atoms with Gasteiger partial charge in [-0.3, -0.25) is 10.3 Å². The summed E-state index contributed by atoms with van der Waals surface area (Å²) in [5.74, 6) is 0. The van der Waals surface area contributed by atoms with Crippen molar-refractivity contribution >= 4 is 11.8 Å². The van der Waals surface area contributed by atoms with Crippen LogP contribution in [0.25, 0.3) is 0 Å². The lowest BCUT2D eigenvalue weighted by Crippen LogP contribution is -2.10. The van der Waals surface area contributed by atoms with Gasteiger partial charge in [-0.25, -0.2) is 4.79 Å². The maximum Gasteiger partial charge on any atom is 0.411 e. The first-order valence-electron chi connectivity index (χ1n) is 3.08. The number of carbonyl (C=O) groups is 1. The van der Waals surface area contributed by atoms with Crippen LogP contribution >= 0.6 is 0 Å². The summed E-state index contributed by atoms with van der Waals surface area (Å²) in [4.78, 5) is 14.4. The Hall–Kier alpha value is -1.58. The van der Waals surface area contributed by atoms with E-state index in [0.29, 0.717) is 5.69 Å². The van der Waals surface area contributed by atoms with Crippen molar-refractivity contribution in [2.75, 3.05) is 12.4 Å².